The van der Waals surface area contributed by atoms with Crippen molar-refractivity contribution >= 4 is 11.7 Å². The standard InChI is InChI=1S/C16H19NO4/c1-10-12-7-8-16(10,2)14(9-12)21-15(18)11-3-5-13(6-4-11)17(19)20/h3-6,10,12,14H,7-9H2,1-2H3. The van der Waals surface area contributed by atoms with Gasteiger partial charge in [-0.15, -0.1) is 0 Å². The van der Waals surface area contributed by atoms with E-state index in [1.807, 2.05) is 0 Å². The van der Waals surface area contributed by atoms with E-state index in [9.17, 15) is 14.9 Å². The minimum atomic E-state index is -0.478. The molecule has 5 heteroatoms. The Morgan fingerprint density at radius 1 is 1.38 bits per heavy atom. The lowest BCUT2D eigenvalue weighted by molar-refractivity contribution is -0.384. The largest absolute Gasteiger partial charge is 0.458 e. The van der Waals surface area contributed by atoms with Gasteiger partial charge in [0.15, 0.2) is 0 Å². The molecule has 1 aromatic carbocycles. The Kier molecular flexibility index (Phi) is 3.23. The van der Waals surface area contributed by atoms with Gasteiger partial charge >= 0.3 is 5.97 Å². The maximum absolute atomic E-state index is 12.2. The van der Waals surface area contributed by atoms with Crippen molar-refractivity contribution in [1.82, 2.24) is 0 Å². The molecule has 1 aromatic rings. The molecular weight excluding hydrogens is 270 g/mol. The Morgan fingerprint density at radius 2 is 2.05 bits per heavy atom. The first-order valence-electron chi connectivity index (χ1n) is 7.37. The molecule has 0 aromatic heterocycles. The van der Waals surface area contributed by atoms with Crippen molar-refractivity contribution in [3.63, 3.8) is 0 Å². The number of non-ortho nitro benzene ring substituents is 1. The number of ether oxygens (including phenoxy) is 1. The van der Waals surface area contributed by atoms with E-state index in [-0.39, 0.29) is 23.2 Å². The predicted octanol–water partition coefficient (Wildman–Crippen LogP) is 3.58. The summed E-state index contributed by atoms with van der Waals surface area (Å²) in [5.74, 6) is 0.868. The second-order valence-electron chi connectivity index (χ2n) is 6.53. The molecule has 2 fully saturated rings. The van der Waals surface area contributed by atoms with Crippen molar-refractivity contribution in [3.05, 3.63) is 39.9 Å². The van der Waals surface area contributed by atoms with Gasteiger partial charge in [-0.1, -0.05) is 13.8 Å². The number of hydrogen-bond acceptors (Lipinski definition) is 4. The fraction of sp³-hybridized carbons (Fsp3) is 0.562. The maximum atomic E-state index is 12.2. The van der Waals surface area contributed by atoms with Crippen LogP contribution in [0.2, 0.25) is 0 Å². The van der Waals surface area contributed by atoms with Gasteiger partial charge in [0.1, 0.15) is 6.10 Å². The fourth-order valence-electron chi connectivity index (χ4n) is 3.93. The molecule has 0 N–H and O–H groups in total. The van der Waals surface area contributed by atoms with Gasteiger partial charge in [0.05, 0.1) is 10.5 Å². The van der Waals surface area contributed by atoms with E-state index in [0.717, 1.165) is 12.8 Å². The van der Waals surface area contributed by atoms with Crippen molar-refractivity contribution < 1.29 is 14.5 Å². The number of rotatable bonds is 3. The Balaban J connectivity index is 1.71. The average molecular weight is 289 g/mol. The second-order valence-corrected chi connectivity index (χ2v) is 6.53. The topological polar surface area (TPSA) is 69.4 Å². The summed E-state index contributed by atoms with van der Waals surface area (Å²) in [6, 6.07) is 5.59. The Morgan fingerprint density at radius 3 is 2.52 bits per heavy atom. The Labute approximate surface area is 123 Å². The number of hydrogen-bond donors (Lipinski definition) is 0. The molecule has 112 valence electrons. The highest BCUT2D eigenvalue weighted by Crippen LogP contribution is 2.58. The summed E-state index contributed by atoms with van der Waals surface area (Å²) in [5, 5.41) is 10.6. The predicted molar refractivity (Wildman–Crippen MR) is 76.9 cm³/mol. The highest BCUT2D eigenvalue weighted by Gasteiger charge is 2.56. The zero-order valence-corrected chi connectivity index (χ0v) is 12.2. The van der Waals surface area contributed by atoms with Crippen LogP contribution in [0.25, 0.3) is 0 Å². The molecule has 2 bridgehead atoms. The number of carbonyl (C=O) groups excluding carboxylic acids is 1. The third-order valence-corrected chi connectivity index (χ3v) is 5.62. The van der Waals surface area contributed by atoms with Crippen molar-refractivity contribution in [3.8, 4) is 0 Å². The number of nitrogens with zero attached hydrogens (tertiary/aromatic N) is 1. The summed E-state index contributed by atoms with van der Waals surface area (Å²) < 4.78 is 5.70. The normalized spacial score (nSPS) is 33.9. The quantitative estimate of drug-likeness (QED) is 0.484. The van der Waals surface area contributed by atoms with Crippen LogP contribution in [0, 0.1) is 27.4 Å². The van der Waals surface area contributed by atoms with Crippen LogP contribution < -0.4 is 0 Å². The second kappa shape index (κ2) is 4.83. The lowest BCUT2D eigenvalue weighted by Gasteiger charge is -2.32. The lowest BCUT2D eigenvalue weighted by Crippen LogP contribution is -2.34. The number of fused-ring (bicyclic) bond motifs is 2. The number of benzene rings is 1. The number of nitro benzene ring substituents is 1. The van der Waals surface area contributed by atoms with E-state index >= 15 is 0 Å². The third kappa shape index (κ3) is 2.20. The molecule has 5 nitrogen and oxygen atoms in total. The molecule has 0 spiro atoms. The smallest absolute Gasteiger partial charge is 0.338 e. The number of nitro groups is 1. The average Bonchev–Trinajstić information content (AvgIpc) is 2.87. The summed E-state index contributed by atoms with van der Waals surface area (Å²) in [6.45, 7) is 4.45. The van der Waals surface area contributed by atoms with Crippen LogP contribution in [0.3, 0.4) is 0 Å². The minimum Gasteiger partial charge on any atom is -0.458 e. The first kappa shape index (κ1) is 14.0. The Hall–Kier alpha value is -1.91. The van der Waals surface area contributed by atoms with E-state index < -0.39 is 4.92 Å². The van der Waals surface area contributed by atoms with E-state index in [1.54, 1.807) is 0 Å². The van der Waals surface area contributed by atoms with Gasteiger partial charge in [-0.2, -0.15) is 0 Å². The van der Waals surface area contributed by atoms with Crippen LogP contribution in [0.4, 0.5) is 5.69 Å². The van der Waals surface area contributed by atoms with Crippen LogP contribution in [0.1, 0.15) is 43.5 Å². The number of esters is 1. The summed E-state index contributed by atoms with van der Waals surface area (Å²) in [4.78, 5) is 22.4. The van der Waals surface area contributed by atoms with Crippen LogP contribution >= 0.6 is 0 Å². The van der Waals surface area contributed by atoms with Crippen molar-refractivity contribution in [1.29, 1.82) is 0 Å². The van der Waals surface area contributed by atoms with Gasteiger partial charge in [0, 0.05) is 17.5 Å². The fourth-order valence-corrected chi connectivity index (χ4v) is 3.93. The minimum absolute atomic E-state index is 0.0212. The zero-order chi connectivity index (χ0) is 15.2. The van der Waals surface area contributed by atoms with Crippen LogP contribution in [-0.4, -0.2) is 17.0 Å². The summed E-state index contributed by atoms with van der Waals surface area (Å²) in [7, 11) is 0. The molecular formula is C16H19NO4. The van der Waals surface area contributed by atoms with Gasteiger partial charge in [-0.25, -0.2) is 4.79 Å². The van der Waals surface area contributed by atoms with Crippen molar-refractivity contribution in [2.45, 2.75) is 39.2 Å². The van der Waals surface area contributed by atoms with E-state index in [0.29, 0.717) is 17.4 Å². The molecule has 21 heavy (non-hydrogen) atoms. The Bertz CT molecular complexity index is 582. The third-order valence-electron chi connectivity index (χ3n) is 5.62. The molecule has 4 unspecified atom stereocenters. The summed E-state index contributed by atoms with van der Waals surface area (Å²) in [5.41, 5.74) is 0.438. The summed E-state index contributed by atoms with van der Waals surface area (Å²) >= 11 is 0. The first-order chi connectivity index (χ1) is 9.91. The molecule has 0 heterocycles. The maximum Gasteiger partial charge on any atom is 0.338 e. The lowest BCUT2D eigenvalue weighted by atomic mass is 9.80. The number of carbonyl (C=O) groups is 1. The molecule has 0 saturated heterocycles. The van der Waals surface area contributed by atoms with Gasteiger partial charge in [-0.3, -0.25) is 10.1 Å². The summed E-state index contributed by atoms with van der Waals surface area (Å²) in [6.07, 6.45) is 3.24. The van der Waals surface area contributed by atoms with Gasteiger partial charge < -0.3 is 4.74 Å². The molecule has 2 aliphatic carbocycles. The van der Waals surface area contributed by atoms with Crippen LogP contribution in [-0.2, 0) is 4.74 Å². The molecule has 3 rings (SSSR count). The SMILES string of the molecule is CC1C2CCC1(C)C(OC(=O)c1ccc([N+](=O)[O-])cc1)C2. The van der Waals surface area contributed by atoms with E-state index in [4.69, 9.17) is 4.74 Å². The van der Waals surface area contributed by atoms with E-state index in [2.05, 4.69) is 13.8 Å². The highest BCUT2D eigenvalue weighted by atomic mass is 16.6. The van der Waals surface area contributed by atoms with Gasteiger partial charge in [-0.05, 0) is 43.2 Å². The molecule has 2 saturated carbocycles. The molecule has 0 amide bonds. The van der Waals surface area contributed by atoms with E-state index in [1.165, 1.54) is 30.7 Å². The van der Waals surface area contributed by atoms with Crippen molar-refractivity contribution in [2.24, 2.45) is 17.3 Å². The monoisotopic (exact) mass is 289 g/mol. The zero-order valence-electron chi connectivity index (χ0n) is 12.2. The molecule has 0 radical (unpaired) electrons. The molecule has 4 atom stereocenters. The van der Waals surface area contributed by atoms with Crippen molar-refractivity contribution in [2.75, 3.05) is 0 Å². The molecule has 0 aliphatic heterocycles. The molecule has 2 aliphatic rings. The van der Waals surface area contributed by atoms with Gasteiger partial charge in [0.2, 0.25) is 0 Å². The first-order valence-corrected chi connectivity index (χ1v) is 7.37. The van der Waals surface area contributed by atoms with Crippen LogP contribution in [0.5, 0.6) is 0 Å². The van der Waals surface area contributed by atoms with Gasteiger partial charge in [0.25, 0.3) is 5.69 Å². The highest BCUT2D eigenvalue weighted by molar-refractivity contribution is 5.89. The van der Waals surface area contributed by atoms with Crippen LogP contribution in [0.15, 0.2) is 24.3 Å².